The number of halogens is 1. The zero-order valence-electron chi connectivity index (χ0n) is 24.2. The largest absolute Gasteiger partial charge is 0.460 e. The van der Waals surface area contributed by atoms with Crippen LogP contribution in [-0.4, -0.2) is 70.9 Å². The number of nitrogens with zero attached hydrogens (tertiary/aromatic N) is 4. The van der Waals surface area contributed by atoms with Crippen molar-refractivity contribution in [2.24, 2.45) is 10.9 Å². The highest BCUT2D eigenvalue weighted by atomic mass is 19.1. The van der Waals surface area contributed by atoms with Crippen LogP contribution in [0, 0.1) is 5.92 Å². The number of fused-ring (bicyclic) bond motifs is 1. The normalized spacial score (nSPS) is 13.9. The fraction of sp³-hybridized carbons (Fsp3) is 0.419. The molecule has 2 aromatic carbocycles. The fourth-order valence-electron chi connectivity index (χ4n) is 4.38. The molecule has 0 radical (unpaired) electrons. The number of carbonyl (C=O) groups excluding carboxylic acids is 3. The second kappa shape index (κ2) is 14.4. The third-order valence-corrected chi connectivity index (χ3v) is 6.43. The van der Waals surface area contributed by atoms with Crippen molar-refractivity contribution in [2.75, 3.05) is 14.1 Å². The van der Waals surface area contributed by atoms with E-state index in [0.717, 1.165) is 5.56 Å². The smallest absolute Gasteiger partial charge is 0.302 e. The Labute approximate surface area is 240 Å². The van der Waals surface area contributed by atoms with Gasteiger partial charge in [-0.3, -0.25) is 19.4 Å². The van der Waals surface area contributed by atoms with E-state index < -0.39 is 41.5 Å². The molecule has 1 aromatic heterocycles. The zero-order valence-corrected chi connectivity index (χ0v) is 24.2. The average molecular weight is 564 g/mol. The summed E-state index contributed by atoms with van der Waals surface area (Å²) >= 11 is 0. The SMILES string of the molecule is CC(=O)OC(CC(CCC(C)(C)F)C(=O)N=CN(C)C)C(Cc1ccccc1)NC(=O)c1cnc2ccccc2n1. The second-order valence-electron chi connectivity index (χ2n) is 10.9. The Morgan fingerprint density at radius 2 is 1.73 bits per heavy atom. The summed E-state index contributed by atoms with van der Waals surface area (Å²) in [6, 6.07) is 15.9. The lowest BCUT2D eigenvalue weighted by Crippen LogP contribution is -2.48. The van der Waals surface area contributed by atoms with E-state index in [2.05, 4.69) is 20.3 Å². The number of benzene rings is 2. The van der Waals surface area contributed by atoms with E-state index in [4.69, 9.17) is 4.74 Å². The molecule has 0 aliphatic rings. The van der Waals surface area contributed by atoms with Gasteiger partial charge in [0.15, 0.2) is 0 Å². The van der Waals surface area contributed by atoms with Crippen molar-refractivity contribution >= 4 is 35.2 Å². The van der Waals surface area contributed by atoms with Crippen molar-refractivity contribution in [3.05, 3.63) is 72.1 Å². The maximum absolute atomic E-state index is 14.5. The molecule has 3 atom stereocenters. The van der Waals surface area contributed by atoms with Crippen molar-refractivity contribution in [1.29, 1.82) is 0 Å². The number of amides is 2. The van der Waals surface area contributed by atoms with Crippen LogP contribution in [0.5, 0.6) is 0 Å². The van der Waals surface area contributed by atoms with Gasteiger partial charge in [-0.25, -0.2) is 14.4 Å². The summed E-state index contributed by atoms with van der Waals surface area (Å²) in [5.41, 5.74) is 0.698. The highest BCUT2D eigenvalue weighted by Crippen LogP contribution is 2.26. The lowest BCUT2D eigenvalue weighted by molar-refractivity contribution is -0.149. The minimum absolute atomic E-state index is 0.0421. The second-order valence-corrected chi connectivity index (χ2v) is 10.9. The van der Waals surface area contributed by atoms with E-state index in [1.165, 1.54) is 33.3 Å². The van der Waals surface area contributed by atoms with Crippen molar-refractivity contribution in [3.8, 4) is 0 Å². The molecule has 10 heteroatoms. The number of alkyl halides is 1. The van der Waals surface area contributed by atoms with Crippen molar-refractivity contribution in [1.82, 2.24) is 20.2 Å². The number of aromatic nitrogens is 2. The predicted molar refractivity (Wildman–Crippen MR) is 156 cm³/mol. The van der Waals surface area contributed by atoms with E-state index >= 15 is 0 Å². The van der Waals surface area contributed by atoms with Crippen molar-refractivity contribution in [3.63, 3.8) is 0 Å². The van der Waals surface area contributed by atoms with Gasteiger partial charge in [0.1, 0.15) is 17.5 Å². The number of hydrogen-bond acceptors (Lipinski definition) is 6. The van der Waals surface area contributed by atoms with E-state index in [1.54, 1.807) is 31.1 Å². The molecule has 0 aliphatic carbocycles. The quantitative estimate of drug-likeness (QED) is 0.184. The molecule has 3 aromatic rings. The zero-order chi connectivity index (χ0) is 30.0. The Morgan fingerprint density at radius 3 is 2.37 bits per heavy atom. The van der Waals surface area contributed by atoms with Crippen LogP contribution in [0.25, 0.3) is 11.0 Å². The number of hydrogen-bond donors (Lipinski definition) is 1. The molecule has 0 bridgehead atoms. The van der Waals surface area contributed by atoms with Gasteiger partial charge in [0.2, 0.25) is 5.91 Å². The molecule has 2 amide bonds. The van der Waals surface area contributed by atoms with Gasteiger partial charge in [-0.05, 0) is 57.2 Å². The number of rotatable bonds is 13. The van der Waals surface area contributed by atoms with Crippen LogP contribution in [0.3, 0.4) is 0 Å². The molecule has 3 rings (SSSR count). The topological polar surface area (TPSA) is 114 Å². The van der Waals surface area contributed by atoms with Gasteiger partial charge in [-0.15, -0.1) is 0 Å². The minimum Gasteiger partial charge on any atom is -0.460 e. The molecular weight excluding hydrogens is 525 g/mol. The van der Waals surface area contributed by atoms with Crippen molar-refractivity contribution in [2.45, 2.75) is 64.3 Å². The Balaban J connectivity index is 1.95. The number of aliphatic imine (C=N–C) groups is 1. The van der Waals surface area contributed by atoms with Crippen LogP contribution in [-0.2, 0) is 20.7 Å². The molecule has 9 nitrogen and oxygen atoms in total. The molecule has 0 saturated heterocycles. The fourth-order valence-corrected chi connectivity index (χ4v) is 4.38. The number of para-hydroxylation sites is 2. The first kappa shape index (κ1) is 31.3. The van der Waals surface area contributed by atoms with Gasteiger partial charge in [0.05, 0.1) is 29.6 Å². The number of esters is 1. The summed E-state index contributed by atoms with van der Waals surface area (Å²) in [5.74, 6) is -2.27. The minimum atomic E-state index is -1.51. The van der Waals surface area contributed by atoms with Crippen LogP contribution in [0.1, 0.15) is 56.1 Å². The first-order valence-corrected chi connectivity index (χ1v) is 13.6. The maximum atomic E-state index is 14.5. The molecule has 1 heterocycles. The highest BCUT2D eigenvalue weighted by molar-refractivity contribution is 5.94. The first-order chi connectivity index (χ1) is 19.4. The average Bonchev–Trinajstić information content (AvgIpc) is 2.92. The lowest BCUT2D eigenvalue weighted by Gasteiger charge is -2.30. The van der Waals surface area contributed by atoms with Crippen LogP contribution in [0.2, 0.25) is 0 Å². The summed E-state index contributed by atoms with van der Waals surface area (Å²) in [4.78, 5) is 53.3. The molecule has 0 spiro atoms. The summed E-state index contributed by atoms with van der Waals surface area (Å²) in [7, 11) is 3.47. The Hall–Kier alpha value is -4.21. The summed E-state index contributed by atoms with van der Waals surface area (Å²) in [5, 5.41) is 2.97. The van der Waals surface area contributed by atoms with Crippen LogP contribution in [0.4, 0.5) is 4.39 Å². The lowest BCUT2D eigenvalue weighted by atomic mass is 9.87. The third kappa shape index (κ3) is 10.4. The Kier molecular flexibility index (Phi) is 11.0. The van der Waals surface area contributed by atoms with E-state index in [-0.39, 0.29) is 25.0 Å². The summed E-state index contributed by atoms with van der Waals surface area (Å²) < 4.78 is 20.2. The standard InChI is InChI=1S/C31H38FN5O4/c1-21(38)41-28(18-23(15-16-31(2,3)32)29(39)34-20-37(4)5)26(17-22-11-7-6-8-12-22)36-30(40)27-19-33-24-13-9-10-14-25(24)35-27/h6-14,19-20,23,26,28H,15-18H2,1-5H3,(H,36,40). The number of nitrogens with one attached hydrogen (secondary N) is 1. The molecule has 41 heavy (non-hydrogen) atoms. The van der Waals surface area contributed by atoms with E-state index in [9.17, 15) is 18.8 Å². The molecule has 218 valence electrons. The molecule has 0 aliphatic heterocycles. The van der Waals surface area contributed by atoms with E-state index in [1.807, 2.05) is 42.5 Å². The van der Waals surface area contributed by atoms with Gasteiger partial charge in [-0.1, -0.05) is 42.5 Å². The van der Waals surface area contributed by atoms with Gasteiger partial charge in [-0.2, -0.15) is 0 Å². The molecule has 3 unspecified atom stereocenters. The number of carbonyl (C=O) groups is 3. The molecule has 1 N–H and O–H groups in total. The summed E-state index contributed by atoms with van der Waals surface area (Å²) in [6.07, 6.45) is 2.52. The summed E-state index contributed by atoms with van der Waals surface area (Å²) in [6.45, 7) is 4.17. The van der Waals surface area contributed by atoms with Crippen LogP contribution in [0.15, 0.2) is 65.8 Å². The van der Waals surface area contributed by atoms with Gasteiger partial charge in [0, 0.05) is 26.9 Å². The number of ether oxygens (including phenoxy) is 1. The molecule has 0 fully saturated rings. The van der Waals surface area contributed by atoms with Gasteiger partial charge >= 0.3 is 5.97 Å². The van der Waals surface area contributed by atoms with Crippen molar-refractivity contribution < 1.29 is 23.5 Å². The van der Waals surface area contributed by atoms with E-state index in [0.29, 0.717) is 17.5 Å². The third-order valence-electron chi connectivity index (χ3n) is 6.43. The van der Waals surface area contributed by atoms with Crippen LogP contribution < -0.4 is 5.32 Å². The maximum Gasteiger partial charge on any atom is 0.302 e. The monoisotopic (exact) mass is 563 g/mol. The van der Waals surface area contributed by atoms with Gasteiger partial charge in [0.25, 0.3) is 5.91 Å². The first-order valence-electron chi connectivity index (χ1n) is 13.6. The Morgan fingerprint density at radius 1 is 1.07 bits per heavy atom. The highest BCUT2D eigenvalue weighted by Gasteiger charge is 2.33. The van der Waals surface area contributed by atoms with Gasteiger partial charge < -0.3 is 15.0 Å². The van der Waals surface area contributed by atoms with Crippen LogP contribution >= 0.6 is 0 Å². The molecule has 0 saturated carbocycles. The predicted octanol–water partition coefficient (Wildman–Crippen LogP) is 4.55. The molecular formula is C31H38FN5O4. The Bertz CT molecular complexity index is 1360.